The van der Waals surface area contributed by atoms with E-state index in [4.69, 9.17) is 0 Å². The molecule has 1 aromatic carbocycles. The summed E-state index contributed by atoms with van der Waals surface area (Å²) in [5.74, 6) is -0.345. The maximum absolute atomic E-state index is 13.0. The highest BCUT2D eigenvalue weighted by atomic mass is 32.2. The molecule has 0 fully saturated rings. The van der Waals surface area contributed by atoms with Crippen molar-refractivity contribution >= 4 is 27.1 Å². The first-order valence-corrected chi connectivity index (χ1v) is 9.04. The van der Waals surface area contributed by atoms with E-state index in [0.717, 1.165) is 26.8 Å². The average Bonchev–Trinajstić information content (AvgIpc) is 3.07. The van der Waals surface area contributed by atoms with Crippen molar-refractivity contribution < 1.29 is 12.8 Å². The standard InChI is InChI=1S/C14H13FN2O2S2/c1-21(18,19)17-13(10-4-6-11(15)7-5-10)9-12(16-17)14-3-2-8-20-14/h2-8,13H,9H2,1H3/t13-/m0/s1. The second-order valence-corrected chi connectivity index (χ2v) is 7.62. The second-order valence-electron chi connectivity index (χ2n) is 4.83. The number of hydrogen-bond donors (Lipinski definition) is 0. The molecule has 1 aliphatic rings. The Morgan fingerprint density at radius 2 is 2.00 bits per heavy atom. The van der Waals surface area contributed by atoms with Crippen molar-refractivity contribution in [2.24, 2.45) is 5.10 Å². The fraction of sp³-hybridized carbons (Fsp3) is 0.214. The van der Waals surface area contributed by atoms with Crippen LogP contribution in [0.3, 0.4) is 0 Å². The lowest BCUT2D eigenvalue weighted by atomic mass is 10.0. The largest absolute Gasteiger partial charge is 0.247 e. The molecule has 0 bridgehead atoms. The molecule has 0 radical (unpaired) electrons. The summed E-state index contributed by atoms with van der Waals surface area (Å²) < 4.78 is 38.1. The Labute approximate surface area is 126 Å². The van der Waals surface area contributed by atoms with Gasteiger partial charge in [0, 0.05) is 6.42 Å². The van der Waals surface area contributed by atoms with Crippen LogP contribution in [0.25, 0.3) is 0 Å². The number of halogens is 1. The topological polar surface area (TPSA) is 49.7 Å². The summed E-state index contributed by atoms with van der Waals surface area (Å²) in [7, 11) is -3.48. The molecule has 0 spiro atoms. The van der Waals surface area contributed by atoms with Gasteiger partial charge in [0.25, 0.3) is 0 Å². The molecule has 0 saturated heterocycles. The maximum atomic E-state index is 13.0. The zero-order valence-electron chi connectivity index (χ0n) is 11.2. The molecule has 2 heterocycles. The Balaban J connectivity index is 2.00. The lowest BCUT2D eigenvalue weighted by Crippen LogP contribution is -2.25. The summed E-state index contributed by atoms with van der Waals surface area (Å²) >= 11 is 1.52. The highest BCUT2D eigenvalue weighted by Crippen LogP contribution is 2.35. The maximum Gasteiger partial charge on any atom is 0.247 e. The third-order valence-corrected chi connectivity index (χ3v) is 5.21. The van der Waals surface area contributed by atoms with Gasteiger partial charge in [-0.15, -0.1) is 11.3 Å². The highest BCUT2D eigenvalue weighted by molar-refractivity contribution is 7.88. The third kappa shape index (κ3) is 2.84. The molecule has 1 aliphatic heterocycles. The van der Waals surface area contributed by atoms with Gasteiger partial charge in [-0.3, -0.25) is 0 Å². The molecule has 0 saturated carbocycles. The number of rotatable bonds is 3. The third-order valence-electron chi connectivity index (χ3n) is 3.27. The van der Waals surface area contributed by atoms with Crippen LogP contribution < -0.4 is 0 Å². The molecule has 2 aromatic rings. The lowest BCUT2D eigenvalue weighted by Gasteiger charge is -2.21. The molecule has 21 heavy (non-hydrogen) atoms. The molecule has 0 N–H and O–H groups in total. The summed E-state index contributed by atoms with van der Waals surface area (Å²) in [5, 5.41) is 6.19. The van der Waals surface area contributed by atoms with E-state index < -0.39 is 16.1 Å². The van der Waals surface area contributed by atoms with Crippen LogP contribution in [-0.2, 0) is 10.0 Å². The Morgan fingerprint density at radius 3 is 2.57 bits per heavy atom. The van der Waals surface area contributed by atoms with Gasteiger partial charge in [0.05, 0.1) is 22.9 Å². The van der Waals surface area contributed by atoms with E-state index in [0.29, 0.717) is 6.42 Å². The van der Waals surface area contributed by atoms with E-state index >= 15 is 0 Å². The molecule has 0 aliphatic carbocycles. The molecule has 1 aromatic heterocycles. The quantitative estimate of drug-likeness (QED) is 0.871. The molecule has 110 valence electrons. The molecular weight excluding hydrogens is 311 g/mol. The van der Waals surface area contributed by atoms with E-state index in [1.54, 1.807) is 12.1 Å². The number of sulfonamides is 1. The number of hydrazone groups is 1. The van der Waals surface area contributed by atoms with E-state index in [2.05, 4.69) is 5.10 Å². The van der Waals surface area contributed by atoms with Crippen molar-refractivity contribution in [1.29, 1.82) is 0 Å². The zero-order valence-corrected chi connectivity index (χ0v) is 12.9. The van der Waals surface area contributed by atoms with Gasteiger partial charge in [-0.05, 0) is 29.1 Å². The van der Waals surface area contributed by atoms with Gasteiger partial charge in [0.15, 0.2) is 0 Å². The normalized spacial score (nSPS) is 18.9. The van der Waals surface area contributed by atoms with Crippen LogP contribution in [0.1, 0.15) is 22.9 Å². The molecule has 4 nitrogen and oxygen atoms in total. The Hall–Kier alpha value is -1.73. The fourth-order valence-corrected chi connectivity index (χ4v) is 3.95. The molecule has 7 heteroatoms. The van der Waals surface area contributed by atoms with Gasteiger partial charge < -0.3 is 0 Å². The van der Waals surface area contributed by atoms with Crippen molar-refractivity contribution in [2.75, 3.05) is 6.26 Å². The summed E-state index contributed by atoms with van der Waals surface area (Å²) in [6.45, 7) is 0. The Kier molecular flexibility index (Phi) is 3.54. The number of benzene rings is 1. The van der Waals surface area contributed by atoms with Gasteiger partial charge in [-0.25, -0.2) is 12.8 Å². The van der Waals surface area contributed by atoms with Crippen LogP contribution in [0.15, 0.2) is 46.9 Å². The van der Waals surface area contributed by atoms with Crippen LogP contribution in [-0.4, -0.2) is 24.8 Å². The first kappa shape index (κ1) is 14.2. The minimum absolute atomic E-state index is 0.345. The Morgan fingerprint density at radius 1 is 1.29 bits per heavy atom. The summed E-state index contributed by atoms with van der Waals surface area (Å²) in [5.41, 5.74) is 1.47. The minimum atomic E-state index is -3.48. The van der Waals surface area contributed by atoms with Crippen molar-refractivity contribution in [3.8, 4) is 0 Å². The van der Waals surface area contributed by atoms with Gasteiger partial charge in [0.1, 0.15) is 5.82 Å². The smallest absolute Gasteiger partial charge is 0.207 e. The van der Waals surface area contributed by atoms with Crippen molar-refractivity contribution in [2.45, 2.75) is 12.5 Å². The molecular formula is C14H13FN2O2S2. The van der Waals surface area contributed by atoms with Crippen LogP contribution in [0.2, 0.25) is 0 Å². The van der Waals surface area contributed by atoms with Gasteiger partial charge in [-0.2, -0.15) is 9.52 Å². The fourth-order valence-electron chi connectivity index (χ4n) is 2.32. The number of thiophene rings is 1. The minimum Gasteiger partial charge on any atom is -0.207 e. The van der Waals surface area contributed by atoms with Crippen LogP contribution in [0, 0.1) is 5.82 Å². The van der Waals surface area contributed by atoms with Crippen LogP contribution >= 0.6 is 11.3 Å². The molecule has 3 rings (SSSR count). The molecule has 1 atom stereocenters. The van der Waals surface area contributed by atoms with E-state index in [-0.39, 0.29) is 5.82 Å². The van der Waals surface area contributed by atoms with Gasteiger partial charge in [-0.1, -0.05) is 18.2 Å². The first-order valence-electron chi connectivity index (χ1n) is 6.31. The summed E-state index contributed by atoms with van der Waals surface area (Å²) in [6, 6.07) is 9.27. The van der Waals surface area contributed by atoms with Crippen LogP contribution in [0.4, 0.5) is 4.39 Å². The van der Waals surface area contributed by atoms with Gasteiger partial charge >= 0.3 is 0 Å². The van der Waals surface area contributed by atoms with E-state index in [1.165, 1.54) is 23.5 Å². The summed E-state index contributed by atoms with van der Waals surface area (Å²) in [6.07, 6.45) is 1.61. The monoisotopic (exact) mass is 324 g/mol. The number of hydrogen-bond acceptors (Lipinski definition) is 4. The average molecular weight is 324 g/mol. The lowest BCUT2D eigenvalue weighted by molar-refractivity contribution is 0.374. The highest BCUT2D eigenvalue weighted by Gasteiger charge is 2.34. The van der Waals surface area contributed by atoms with Gasteiger partial charge in [0.2, 0.25) is 10.0 Å². The van der Waals surface area contributed by atoms with Crippen molar-refractivity contribution in [3.63, 3.8) is 0 Å². The van der Waals surface area contributed by atoms with E-state index in [1.807, 2.05) is 17.5 Å². The molecule has 0 amide bonds. The van der Waals surface area contributed by atoms with Crippen LogP contribution in [0.5, 0.6) is 0 Å². The predicted molar refractivity (Wildman–Crippen MR) is 81.3 cm³/mol. The Bertz CT molecular complexity index is 768. The predicted octanol–water partition coefficient (Wildman–Crippen LogP) is 3.00. The SMILES string of the molecule is CS(=O)(=O)N1N=C(c2cccs2)C[C@H]1c1ccc(F)cc1. The van der Waals surface area contributed by atoms with E-state index in [9.17, 15) is 12.8 Å². The second kappa shape index (κ2) is 5.23. The zero-order chi connectivity index (χ0) is 15.0. The summed E-state index contributed by atoms with van der Waals surface area (Å²) in [4.78, 5) is 0.952. The van der Waals surface area contributed by atoms with Crippen molar-refractivity contribution in [1.82, 2.24) is 4.41 Å². The van der Waals surface area contributed by atoms with Crippen molar-refractivity contribution in [3.05, 3.63) is 58.0 Å². The molecule has 0 unspecified atom stereocenters. The number of nitrogens with zero attached hydrogens (tertiary/aromatic N) is 2. The first-order chi connectivity index (χ1) is 9.95.